The Morgan fingerprint density at radius 3 is 2.63 bits per heavy atom. The van der Waals surface area contributed by atoms with Gasteiger partial charge in [0.05, 0.1) is 0 Å². The first-order valence-corrected chi connectivity index (χ1v) is 15.6. The number of hydrogen-bond donors (Lipinski definition) is 1. The number of hydrazone groups is 1. The third-order valence-corrected chi connectivity index (χ3v) is 13.4. The first-order chi connectivity index (χ1) is 14.4. The van der Waals surface area contributed by atoms with Crippen LogP contribution in [0.15, 0.2) is 5.10 Å². The summed E-state index contributed by atoms with van der Waals surface area (Å²) in [7, 11) is 5.06. The van der Waals surface area contributed by atoms with Crippen LogP contribution in [0.5, 0.6) is 0 Å². The van der Waals surface area contributed by atoms with Crippen molar-refractivity contribution in [2.45, 2.75) is 84.2 Å². The second-order valence-corrected chi connectivity index (χ2v) is 14.5. The SMILES string of the molecule is C=NN(C)C(CSPCC1CCC2C3CCC4CCCCC4(C)C3CCC12C)NC. The van der Waals surface area contributed by atoms with Crippen molar-refractivity contribution in [1.29, 1.82) is 0 Å². The van der Waals surface area contributed by atoms with Crippen molar-refractivity contribution in [3.8, 4) is 0 Å². The van der Waals surface area contributed by atoms with Crippen LogP contribution in [0.3, 0.4) is 0 Å². The van der Waals surface area contributed by atoms with Gasteiger partial charge in [0.15, 0.2) is 0 Å². The third-order valence-electron chi connectivity index (χ3n) is 10.5. The van der Waals surface area contributed by atoms with Crippen LogP contribution in [-0.2, 0) is 0 Å². The molecule has 0 amide bonds. The highest BCUT2D eigenvalue weighted by atomic mass is 32.7. The molecular formula is C25H46N3PS. The zero-order chi connectivity index (χ0) is 21.4. The number of hydrogen-bond acceptors (Lipinski definition) is 4. The molecule has 0 spiro atoms. The number of nitrogens with zero attached hydrogens (tertiary/aromatic N) is 2. The first-order valence-electron chi connectivity index (χ1n) is 12.7. The molecule has 4 aliphatic carbocycles. The zero-order valence-electron chi connectivity index (χ0n) is 20.0. The van der Waals surface area contributed by atoms with Crippen molar-refractivity contribution in [2.75, 3.05) is 26.0 Å². The Balaban J connectivity index is 1.34. The summed E-state index contributed by atoms with van der Waals surface area (Å²) in [5.74, 6) is 6.23. The van der Waals surface area contributed by atoms with Gasteiger partial charge in [-0.3, -0.25) is 10.3 Å². The van der Waals surface area contributed by atoms with Gasteiger partial charge in [0, 0.05) is 19.5 Å². The van der Waals surface area contributed by atoms with Crippen LogP contribution in [0.1, 0.15) is 78.1 Å². The monoisotopic (exact) mass is 451 g/mol. The maximum atomic E-state index is 4.06. The van der Waals surface area contributed by atoms with E-state index in [2.05, 4.69) is 42.4 Å². The van der Waals surface area contributed by atoms with Crippen LogP contribution in [0.25, 0.3) is 0 Å². The predicted molar refractivity (Wildman–Crippen MR) is 136 cm³/mol. The molecular weight excluding hydrogens is 405 g/mol. The Bertz CT molecular complexity index is 603. The number of rotatable bonds is 8. The summed E-state index contributed by atoms with van der Waals surface area (Å²) in [6.45, 7) is 9.09. The summed E-state index contributed by atoms with van der Waals surface area (Å²) in [4.78, 5) is 0. The summed E-state index contributed by atoms with van der Waals surface area (Å²) in [5, 5.41) is 9.38. The molecule has 3 nitrogen and oxygen atoms in total. The van der Waals surface area contributed by atoms with Gasteiger partial charge in [-0.2, -0.15) is 5.10 Å². The average Bonchev–Trinajstić information content (AvgIpc) is 3.09. The van der Waals surface area contributed by atoms with Crippen LogP contribution in [0.4, 0.5) is 0 Å². The van der Waals surface area contributed by atoms with E-state index in [4.69, 9.17) is 0 Å². The fourth-order valence-corrected chi connectivity index (χ4v) is 11.9. The van der Waals surface area contributed by atoms with Crippen molar-refractivity contribution in [3.05, 3.63) is 0 Å². The maximum Gasteiger partial charge on any atom is 0.105 e. The van der Waals surface area contributed by atoms with Gasteiger partial charge >= 0.3 is 0 Å². The fraction of sp³-hybridized carbons (Fsp3) is 0.960. The Morgan fingerprint density at radius 1 is 1.07 bits per heavy atom. The van der Waals surface area contributed by atoms with E-state index in [-0.39, 0.29) is 0 Å². The van der Waals surface area contributed by atoms with Crippen LogP contribution in [0, 0.1) is 40.4 Å². The van der Waals surface area contributed by atoms with E-state index in [1.54, 1.807) is 12.8 Å². The Kier molecular flexibility index (Phi) is 7.48. The Labute approximate surface area is 191 Å². The topological polar surface area (TPSA) is 27.6 Å². The van der Waals surface area contributed by atoms with Gasteiger partial charge in [-0.1, -0.05) is 34.5 Å². The molecule has 4 rings (SSSR count). The quantitative estimate of drug-likeness (QED) is 0.151. The highest BCUT2D eigenvalue weighted by Crippen LogP contribution is 2.68. The van der Waals surface area contributed by atoms with E-state index >= 15 is 0 Å². The fourth-order valence-electron chi connectivity index (χ4n) is 8.51. The summed E-state index contributed by atoms with van der Waals surface area (Å²) in [6.07, 6.45) is 17.0. The van der Waals surface area contributed by atoms with E-state index in [0.717, 1.165) is 43.1 Å². The van der Waals surface area contributed by atoms with Gasteiger partial charge in [0.2, 0.25) is 0 Å². The van der Waals surface area contributed by atoms with E-state index in [0.29, 0.717) is 17.0 Å². The zero-order valence-corrected chi connectivity index (χ0v) is 21.8. The lowest BCUT2D eigenvalue weighted by Crippen LogP contribution is -2.52. The van der Waals surface area contributed by atoms with Crippen LogP contribution in [-0.4, -0.2) is 43.9 Å². The third kappa shape index (κ3) is 4.12. The lowest BCUT2D eigenvalue weighted by molar-refractivity contribution is -0.109. The van der Waals surface area contributed by atoms with E-state index < -0.39 is 0 Å². The lowest BCUT2D eigenvalue weighted by atomic mass is 9.45. The van der Waals surface area contributed by atoms with Crippen LogP contribution >= 0.6 is 19.2 Å². The molecule has 0 heterocycles. The second-order valence-electron chi connectivity index (χ2n) is 11.4. The number of nitrogens with one attached hydrogen (secondary N) is 1. The van der Waals surface area contributed by atoms with Crippen LogP contribution in [0.2, 0.25) is 0 Å². The highest BCUT2D eigenvalue weighted by Gasteiger charge is 2.59. The summed E-state index contributed by atoms with van der Waals surface area (Å²) >= 11 is 2.13. The highest BCUT2D eigenvalue weighted by molar-refractivity contribution is 8.49. The Hall–Kier alpha value is 0.210. The molecule has 30 heavy (non-hydrogen) atoms. The van der Waals surface area contributed by atoms with Crippen molar-refractivity contribution in [2.24, 2.45) is 45.5 Å². The molecule has 0 aromatic carbocycles. The normalized spacial score (nSPS) is 44.3. The molecule has 0 bridgehead atoms. The molecule has 0 radical (unpaired) electrons. The van der Waals surface area contributed by atoms with E-state index in [9.17, 15) is 0 Å². The summed E-state index contributed by atoms with van der Waals surface area (Å²) in [6, 6.07) is 0. The molecule has 172 valence electrons. The Morgan fingerprint density at radius 2 is 1.87 bits per heavy atom. The van der Waals surface area contributed by atoms with Crippen molar-refractivity contribution in [3.63, 3.8) is 0 Å². The molecule has 0 aromatic heterocycles. The van der Waals surface area contributed by atoms with E-state index in [1.165, 1.54) is 57.5 Å². The average molecular weight is 452 g/mol. The molecule has 4 fully saturated rings. The molecule has 1 N–H and O–H groups in total. The predicted octanol–water partition coefficient (Wildman–Crippen LogP) is 6.46. The second kappa shape index (κ2) is 9.60. The van der Waals surface area contributed by atoms with E-state index in [1.807, 2.05) is 19.1 Å². The molecule has 9 atom stereocenters. The molecule has 5 heteroatoms. The van der Waals surface area contributed by atoms with Gasteiger partial charge < -0.3 is 0 Å². The van der Waals surface area contributed by atoms with Crippen molar-refractivity contribution in [1.82, 2.24) is 10.3 Å². The summed E-state index contributed by atoms with van der Waals surface area (Å²) in [5.41, 5.74) is 1.32. The largest absolute Gasteiger partial charge is 0.298 e. The van der Waals surface area contributed by atoms with Gasteiger partial charge in [0.1, 0.15) is 6.17 Å². The van der Waals surface area contributed by atoms with Gasteiger partial charge in [0.25, 0.3) is 0 Å². The molecule has 9 unspecified atom stereocenters. The summed E-state index contributed by atoms with van der Waals surface area (Å²) < 4.78 is 0. The lowest BCUT2D eigenvalue weighted by Gasteiger charge is -2.60. The molecule has 4 saturated carbocycles. The minimum absolute atomic E-state index is 0.300. The minimum Gasteiger partial charge on any atom is -0.298 e. The minimum atomic E-state index is 0.300. The molecule has 4 aliphatic rings. The smallest absolute Gasteiger partial charge is 0.105 e. The van der Waals surface area contributed by atoms with Gasteiger partial charge in [-0.05, 0) is 105 Å². The van der Waals surface area contributed by atoms with Gasteiger partial charge in [-0.15, -0.1) is 11.4 Å². The van der Waals surface area contributed by atoms with Crippen molar-refractivity contribution < 1.29 is 0 Å². The molecule has 0 aromatic rings. The van der Waals surface area contributed by atoms with Crippen LogP contribution < -0.4 is 5.32 Å². The van der Waals surface area contributed by atoms with Gasteiger partial charge in [-0.25, -0.2) is 0 Å². The van der Waals surface area contributed by atoms with Crippen molar-refractivity contribution >= 4 is 25.9 Å². The standard InChI is InChI=1S/C25H46N3PS/c1-24-14-7-6-8-18(24)9-11-20-21-12-10-19(25(21,2)15-13-22(20)24)16-29-30-17-23(26-3)28(5)27-4/h18-23,26,29H,4,6-17H2,1-3,5H3. The molecule has 0 saturated heterocycles. The maximum absolute atomic E-state index is 4.06. The first kappa shape index (κ1) is 23.4. The number of fused-ring (bicyclic) bond motifs is 5. The molecule has 0 aliphatic heterocycles.